The number of aryl methyl sites for hydroxylation is 2. The van der Waals surface area contributed by atoms with E-state index in [1.807, 2.05) is 23.1 Å². The maximum atomic E-state index is 12.7. The number of hydrogen-bond acceptors (Lipinski definition) is 5. The normalized spacial score (nSPS) is 16.9. The maximum absolute atomic E-state index is 12.7. The fourth-order valence-corrected chi connectivity index (χ4v) is 3.82. The molecule has 27 heavy (non-hydrogen) atoms. The second-order valence-corrected chi connectivity index (χ2v) is 7.04. The Balaban J connectivity index is 1.42. The van der Waals surface area contributed by atoms with E-state index in [0.29, 0.717) is 6.54 Å². The van der Waals surface area contributed by atoms with Gasteiger partial charge in [0.05, 0.1) is 18.4 Å². The third-order valence-electron chi connectivity index (χ3n) is 5.29. The summed E-state index contributed by atoms with van der Waals surface area (Å²) >= 11 is 0. The Labute approximate surface area is 158 Å². The zero-order valence-electron chi connectivity index (χ0n) is 15.4. The molecule has 2 aromatic rings. The topological polar surface area (TPSA) is 70.5 Å². The van der Waals surface area contributed by atoms with Gasteiger partial charge in [-0.15, -0.1) is 0 Å². The summed E-state index contributed by atoms with van der Waals surface area (Å²) in [7, 11) is 0. The van der Waals surface area contributed by atoms with Crippen molar-refractivity contribution < 1.29 is 4.79 Å². The van der Waals surface area contributed by atoms with Crippen LogP contribution in [0.25, 0.3) is 0 Å². The van der Waals surface area contributed by atoms with E-state index in [2.05, 4.69) is 21.4 Å². The van der Waals surface area contributed by atoms with Crippen LogP contribution < -0.4 is 20.7 Å². The largest absolute Gasteiger partial charge is 0.368 e. The number of hydrogen-bond donors (Lipinski definition) is 1. The van der Waals surface area contributed by atoms with E-state index in [0.717, 1.165) is 56.9 Å². The maximum Gasteiger partial charge on any atom is 0.268 e. The van der Waals surface area contributed by atoms with Gasteiger partial charge in [0.25, 0.3) is 5.56 Å². The summed E-state index contributed by atoms with van der Waals surface area (Å²) in [5.41, 5.74) is 2.92. The molecule has 7 heteroatoms. The lowest BCUT2D eigenvalue weighted by molar-refractivity contribution is -0.119. The monoisotopic (exact) mass is 367 g/mol. The Bertz CT molecular complexity index is 873. The number of amides is 1. The molecule has 0 radical (unpaired) electrons. The smallest absolute Gasteiger partial charge is 0.268 e. The highest BCUT2D eigenvalue weighted by Gasteiger charge is 2.22. The molecule has 7 nitrogen and oxygen atoms in total. The standard InChI is InChI=1S/C20H25N5O2/c26-19(24-10-3-5-16-4-1-2-6-18(16)24)7-11-25-20(27)14-17(15-22-25)23-12-8-21-9-13-23/h1-2,4,6,14-15,21H,3,5,7-13H2. The number of nitrogens with zero attached hydrogens (tertiary/aromatic N) is 4. The first-order chi connectivity index (χ1) is 13.2. The van der Waals surface area contributed by atoms with Crippen molar-refractivity contribution in [2.24, 2.45) is 0 Å². The highest BCUT2D eigenvalue weighted by atomic mass is 16.2. The number of fused-ring (bicyclic) bond motifs is 1. The molecule has 0 atom stereocenters. The minimum atomic E-state index is -0.155. The molecule has 4 rings (SSSR count). The van der Waals surface area contributed by atoms with E-state index < -0.39 is 0 Å². The molecule has 2 aliphatic heterocycles. The number of aromatic nitrogens is 2. The molecule has 1 fully saturated rings. The highest BCUT2D eigenvalue weighted by molar-refractivity contribution is 5.94. The van der Waals surface area contributed by atoms with Gasteiger partial charge in [0, 0.05) is 50.9 Å². The number of benzene rings is 1. The fourth-order valence-electron chi connectivity index (χ4n) is 3.82. The molecule has 1 aromatic heterocycles. The van der Waals surface area contributed by atoms with Gasteiger partial charge in [0.15, 0.2) is 0 Å². The zero-order valence-corrected chi connectivity index (χ0v) is 15.4. The van der Waals surface area contributed by atoms with Gasteiger partial charge in [-0.2, -0.15) is 5.10 Å². The van der Waals surface area contributed by atoms with E-state index >= 15 is 0 Å². The van der Waals surface area contributed by atoms with Crippen molar-refractivity contribution in [2.45, 2.75) is 25.8 Å². The molecule has 0 saturated carbocycles. The summed E-state index contributed by atoms with van der Waals surface area (Å²) in [6.07, 6.45) is 3.98. The Morgan fingerprint density at radius 1 is 1.15 bits per heavy atom. The van der Waals surface area contributed by atoms with E-state index in [9.17, 15) is 9.59 Å². The Morgan fingerprint density at radius 3 is 2.78 bits per heavy atom. The second-order valence-electron chi connectivity index (χ2n) is 7.04. The van der Waals surface area contributed by atoms with Gasteiger partial charge in [-0.3, -0.25) is 9.59 Å². The molecule has 0 aliphatic carbocycles. The average molecular weight is 367 g/mol. The van der Waals surface area contributed by atoms with Crippen LogP contribution >= 0.6 is 0 Å². The van der Waals surface area contributed by atoms with Crippen LogP contribution in [-0.4, -0.2) is 48.4 Å². The summed E-state index contributed by atoms with van der Waals surface area (Å²) in [5, 5.41) is 7.58. The summed E-state index contributed by atoms with van der Waals surface area (Å²) in [5.74, 6) is 0.0435. The first kappa shape index (κ1) is 17.7. The van der Waals surface area contributed by atoms with Crippen LogP contribution in [0.3, 0.4) is 0 Å². The molecular weight excluding hydrogens is 342 g/mol. The van der Waals surface area contributed by atoms with Crippen molar-refractivity contribution in [2.75, 3.05) is 42.5 Å². The molecule has 1 saturated heterocycles. The van der Waals surface area contributed by atoms with E-state index in [4.69, 9.17) is 0 Å². The molecule has 2 aliphatic rings. The van der Waals surface area contributed by atoms with Crippen LogP contribution in [0, 0.1) is 0 Å². The van der Waals surface area contributed by atoms with Crippen LogP contribution in [0.1, 0.15) is 18.4 Å². The van der Waals surface area contributed by atoms with Crippen LogP contribution in [0.5, 0.6) is 0 Å². The minimum Gasteiger partial charge on any atom is -0.368 e. The number of para-hydroxylation sites is 1. The second kappa shape index (κ2) is 7.92. The van der Waals surface area contributed by atoms with Crippen molar-refractivity contribution in [3.05, 3.63) is 52.4 Å². The number of nitrogens with one attached hydrogen (secondary N) is 1. The summed E-state index contributed by atoms with van der Waals surface area (Å²) in [6.45, 7) is 4.61. The van der Waals surface area contributed by atoms with Gasteiger partial charge in [-0.25, -0.2) is 4.68 Å². The van der Waals surface area contributed by atoms with E-state index in [1.54, 1.807) is 12.3 Å². The molecule has 1 N–H and O–H groups in total. The lowest BCUT2D eigenvalue weighted by Gasteiger charge is -2.29. The van der Waals surface area contributed by atoms with Gasteiger partial charge < -0.3 is 15.1 Å². The molecule has 3 heterocycles. The molecule has 0 spiro atoms. The minimum absolute atomic E-state index is 0.0435. The molecular formula is C20H25N5O2. The lowest BCUT2D eigenvalue weighted by Crippen LogP contribution is -2.44. The van der Waals surface area contributed by atoms with Gasteiger partial charge >= 0.3 is 0 Å². The van der Waals surface area contributed by atoms with Crippen molar-refractivity contribution in [3.63, 3.8) is 0 Å². The average Bonchev–Trinajstić information content (AvgIpc) is 2.73. The van der Waals surface area contributed by atoms with Crippen LogP contribution in [-0.2, 0) is 17.8 Å². The van der Waals surface area contributed by atoms with Gasteiger partial charge in [-0.1, -0.05) is 18.2 Å². The Kier molecular flexibility index (Phi) is 5.20. The van der Waals surface area contributed by atoms with Gasteiger partial charge in [-0.05, 0) is 24.5 Å². The highest BCUT2D eigenvalue weighted by Crippen LogP contribution is 2.27. The van der Waals surface area contributed by atoms with Crippen molar-refractivity contribution >= 4 is 17.3 Å². The first-order valence-electron chi connectivity index (χ1n) is 9.63. The molecule has 1 amide bonds. The van der Waals surface area contributed by atoms with Gasteiger partial charge in [0.2, 0.25) is 5.91 Å². The van der Waals surface area contributed by atoms with E-state index in [-0.39, 0.29) is 17.9 Å². The number of piperazine rings is 1. The van der Waals surface area contributed by atoms with Crippen LogP contribution in [0.4, 0.5) is 11.4 Å². The third-order valence-corrected chi connectivity index (χ3v) is 5.29. The lowest BCUT2D eigenvalue weighted by atomic mass is 10.0. The summed E-state index contributed by atoms with van der Waals surface area (Å²) in [6, 6.07) is 9.68. The quantitative estimate of drug-likeness (QED) is 0.874. The number of carbonyl (C=O) groups is 1. The van der Waals surface area contributed by atoms with Crippen molar-refractivity contribution in [1.29, 1.82) is 0 Å². The molecule has 0 unspecified atom stereocenters. The third kappa shape index (κ3) is 3.88. The molecule has 0 bridgehead atoms. The summed E-state index contributed by atoms with van der Waals surface area (Å²) < 4.78 is 1.39. The summed E-state index contributed by atoms with van der Waals surface area (Å²) in [4.78, 5) is 29.1. The Morgan fingerprint density at radius 2 is 1.96 bits per heavy atom. The zero-order chi connectivity index (χ0) is 18.6. The Hall–Kier alpha value is -2.67. The van der Waals surface area contributed by atoms with E-state index in [1.165, 1.54) is 10.2 Å². The van der Waals surface area contributed by atoms with Crippen molar-refractivity contribution in [1.82, 2.24) is 15.1 Å². The first-order valence-corrected chi connectivity index (χ1v) is 9.63. The fraction of sp³-hybridized carbons (Fsp3) is 0.450. The van der Waals surface area contributed by atoms with Crippen LogP contribution in [0.2, 0.25) is 0 Å². The predicted octanol–water partition coefficient (Wildman–Crippen LogP) is 1.02. The predicted molar refractivity (Wildman–Crippen MR) is 105 cm³/mol. The number of carbonyl (C=O) groups excluding carboxylic acids is 1. The number of rotatable bonds is 4. The number of anilines is 2. The van der Waals surface area contributed by atoms with Crippen molar-refractivity contribution in [3.8, 4) is 0 Å². The van der Waals surface area contributed by atoms with Gasteiger partial charge in [0.1, 0.15) is 0 Å². The molecule has 1 aromatic carbocycles. The van der Waals surface area contributed by atoms with Crippen LogP contribution in [0.15, 0.2) is 41.3 Å². The SMILES string of the molecule is O=C(CCn1ncc(N2CCNCC2)cc1=O)N1CCCc2ccccc21. The molecule has 142 valence electrons.